The second kappa shape index (κ2) is 9.94. The van der Waals surface area contributed by atoms with Gasteiger partial charge in [0.15, 0.2) is 17.8 Å². The molecule has 2 atom stereocenters. The maximum absolute atomic E-state index is 12.3. The Hall–Kier alpha value is -3.88. The van der Waals surface area contributed by atoms with Crippen LogP contribution in [0.3, 0.4) is 0 Å². The van der Waals surface area contributed by atoms with E-state index in [1.807, 2.05) is 48.5 Å². The second-order valence-electron chi connectivity index (χ2n) is 7.99. The van der Waals surface area contributed by atoms with Crippen LogP contribution in [0.25, 0.3) is 11.1 Å². The third-order valence-corrected chi connectivity index (χ3v) is 5.99. The smallest absolute Gasteiger partial charge is 0.407 e. The molecule has 1 amide bonds. The summed E-state index contributed by atoms with van der Waals surface area (Å²) in [4.78, 5) is 23.6. The molecule has 1 aliphatic carbocycles. The highest BCUT2D eigenvalue weighted by atomic mass is 16.5. The summed E-state index contributed by atoms with van der Waals surface area (Å²) in [5.74, 6) is -0.337. The van der Waals surface area contributed by atoms with Crippen LogP contribution in [-0.2, 0) is 4.74 Å². The zero-order valence-corrected chi connectivity index (χ0v) is 18.5. The summed E-state index contributed by atoms with van der Waals surface area (Å²) >= 11 is 0. The Kier molecular flexibility index (Phi) is 6.81. The van der Waals surface area contributed by atoms with Gasteiger partial charge in [0.25, 0.3) is 0 Å². The largest absolute Gasteiger partial charge is 0.504 e. The minimum atomic E-state index is -1.51. The Morgan fingerprint density at radius 3 is 2.26 bits per heavy atom. The Balaban J connectivity index is 1.37. The van der Waals surface area contributed by atoms with Crippen molar-refractivity contribution in [1.82, 2.24) is 5.32 Å². The maximum atomic E-state index is 12.3. The van der Waals surface area contributed by atoms with Gasteiger partial charge in [-0.3, -0.25) is 4.79 Å². The molecule has 2 unspecified atom stereocenters. The molecule has 1 aliphatic rings. The molecule has 3 aromatic carbocycles. The first-order chi connectivity index (χ1) is 16.4. The Bertz CT molecular complexity index is 1160. The number of aliphatic hydroxyl groups excluding tert-OH is 2. The Labute approximate surface area is 196 Å². The van der Waals surface area contributed by atoms with E-state index in [-0.39, 0.29) is 41.7 Å². The van der Waals surface area contributed by atoms with Crippen LogP contribution in [-0.4, -0.2) is 54.1 Å². The summed E-state index contributed by atoms with van der Waals surface area (Å²) in [5.41, 5.74) is 4.43. The van der Waals surface area contributed by atoms with Crippen molar-refractivity contribution in [3.05, 3.63) is 82.9 Å². The highest BCUT2D eigenvalue weighted by Crippen LogP contribution is 2.44. The van der Waals surface area contributed by atoms with Crippen LogP contribution in [0.15, 0.2) is 60.7 Å². The number of ether oxygens (including phenoxy) is 2. The van der Waals surface area contributed by atoms with Crippen LogP contribution >= 0.6 is 0 Å². The molecule has 3 aromatic rings. The fourth-order valence-corrected chi connectivity index (χ4v) is 4.28. The van der Waals surface area contributed by atoms with Crippen LogP contribution in [0.2, 0.25) is 0 Å². The lowest BCUT2D eigenvalue weighted by molar-refractivity contribution is 0.0180. The minimum absolute atomic E-state index is 0.00834. The van der Waals surface area contributed by atoms with Crippen molar-refractivity contribution >= 4 is 12.4 Å². The third-order valence-electron chi connectivity index (χ3n) is 5.99. The number of benzene rings is 3. The van der Waals surface area contributed by atoms with Gasteiger partial charge in [0.05, 0.1) is 7.11 Å². The van der Waals surface area contributed by atoms with Crippen molar-refractivity contribution in [3.63, 3.8) is 0 Å². The topological polar surface area (TPSA) is 125 Å². The van der Waals surface area contributed by atoms with Crippen LogP contribution in [0.4, 0.5) is 4.79 Å². The number of aldehydes is 1. The molecule has 0 radical (unpaired) electrons. The quantitative estimate of drug-likeness (QED) is 0.378. The summed E-state index contributed by atoms with van der Waals surface area (Å²) < 4.78 is 10.4. The number of phenolic OH excluding ortho intramolecular Hbond substituents is 1. The van der Waals surface area contributed by atoms with Crippen LogP contribution in [0.5, 0.6) is 11.5 Å². The molecular formula is C26H25NO7. The molecule has 4 rings (SSSR count). The SMILES string of the molecule is COc1cc(C(O)C(O)CNC(=O)OCC2c3ccccc3-c3ccccc32)c(C=O)cc1O. The molecule has 0 aliphatic heterocycles. The van der Waals surface area contributed by atoms with E-state index in [9.17, 15) is 24.9 Å². The van der Waals surface area contributed by atoms with Crippen molar-refractivity contribution in [2.75, 3.05) is 20.3 Å². The van der Waals surface area contributed by atoms with Crippen molar-refractivity contribution in [1.29, 1.82) is 0 Å². The number of amides is 1. The van der Waals surface area contributed by atoms with E-state index in [1.165, 1.54) is 13.2 Å². The highest BCUT2D eigenvalue weighted by molar-refractivity contribution is 5.80. The first-order valence-corrected chi connectivity index (χ1v) is 10.8. The van der Waals surface area contributed by atoms with E-state index in [4.69, 9.17) is 9.47 Å². The fraction of sp³-hybridized carbons (Fsp3) is 0.231. The van der Waals surface area contributed by atoms with E-state index in [0.29, 0.717) is 6.29 Å². The number of fused-ring (bicyclic) bond motifs is 3. The number of aliphatic hydroxyl groups is 2. The molecule has 8 heteroatoms. The van der Waals surface area contributed by atoms with E-state index < -0.39 is 18.3 Å². The zero-order valence-electron chi connectivity index (χ0n) is 18.5. The molecule has 0 fully saturated rings. The lowest BCUT2D eigenvalue weighted by Gasteiger charge is -2.21. The van der Waals surface area contributed by atoms with Crippen LogP contribution < -0.4 is 10.1 Å². The monoisotopic (exact) mass is 463 g/mol. The molecule has 176 valence electrons. The van der Waals surface area contributed by atoms with Gasteiger partial charge >= 0.3 is 6.09 Å². The third kappa shape index (κ3) is 4.46. The Morgan fingerprint density at radius 2 is 1.68 bits per heavy atom. The lowest BCUT2D eigenvalue weighted by atomic mass is 9.98. The Morgan fingerprint density at radius 1 is 1.06 bits per heavy atom. The maximum Gasteiger partial charge on any atom is 0.407 e. The molecule has 0 saturated heterocycles. The van der Waals surface area contributed by atoms with Gasteiger partial charge in [0.1, 0.15) is 18.8 Å². The second-order valence-corrected chi connectivity index (χ2v) is 7.99. The minimum Gasteiger partial charge on any atom is -0.504 e. The lowest BCUT2D eigenvalue weighted by Crippen LogP contribution is -2.36. The molecule has 0 saturated carbocycles. The standard InChI is InChI=1S/C26H25NO7/c1-33-24-11-20(15(13-28)10-22(24)29)25(31)23(30)12-27-26(32)34-14-21-18-8-4-2-6-16(18)17-7-3-5-9-19(17)21/h2-11,13,21,23,25,29-31H,12,14H2,1H3,(H,27,32). The number of phenols is 1. The van der Waals surface area contributed by atoms with E-state index in [2.05, 4.69) is 5.32 Å². The van der Waals surface area contributed by atoms with Gasteiger partial charge in [-0.25, -0.2) is 4.79 Å². The molecule has 0 aromatic heterocycles. The molecule has 8 nitrogen and oxygen atoms in total. The van der Waals surface area contributed by atoms with Crippen LogP contribution in [0.1, 0.15) is 39.1 Å². The predicted molar refractivity (Wildman–Crippen MR) is 124 cm³/mol. The molecule has 34 heavy (non-hydrogen) atoms. The average molecular weight is 463 g/mol. The number of rotatable bonds is 8. The number of aromatic hydroxyl groups is 1. The van der Waals surface area contributed by atoms with Gasteiger partial charge in [0, 0.05) is 18.0 Å². The number of carbonyl (C=O) groups is 2. The first kappa shape index (κ1) is 23.3. The zero-order chi connectivity index (χ0) is 24.2. The summed E-state index contributed by atoms with van der Waals surface area (Å²) in [5, 5.41) is 33.1. The van der Waals surface area contributed by atoms with E-state index in [1.54, 1.807) is 0 Å². The number of methoxy groups -OCH3 is 1. The van der Waals surface area contributed by atoms with Crippen molar-refractivity contribution < 1.29 is 34.4 Å². The molecular weight excluding hydrogens is 438 g/mol. The van der Waals surface area contributed by atoms with Crippen molar-refractivity contribution in [3.8, 4) is 22.6 Å². The summed E-state index contributed by atoms with van der Waals surface area (Å²) in [6.45, 7) is -0.206. The summed E-state index contributed by atoms with van der Waals surface area (Å²) in [7, 11) is 1.32. The van der Waals surface area contributed by atoms with Gasteiger partial charge in [-0.2, -0.15) is 0 Å². The number of hydrogen-bond acceptors (Lipinski definition) is 7. The number of hydrogen-bond donors (Lipinski definition) is 4. The number of alkyl carbamates (subject to hydrolysis) is 1. The van der Waals surface area contributed by atoms with Crippen molar-refractivity contribution in [2.45, 2.75) is 18.1 Å². The van der Waals surface area contributed by atoms with Gasteiger partial charge in [0.2, 0.25) is 0 Å². The van der Waals surface area contributed by atoms with E-state index in [0.717, 1.165) is 28.3 Å². The normalized spacial score (nSPS) is 14.0. The molecule has 0 bridgehead atoms. The predicted octanol–water partition coefficient (Wildman–Crippen LogP) is 3.15. The van der Waals surface area contributed by atoms with Crippen LogP contribution in [0, 0.1) is 0 Å². The fourth-order valence-electron chi connectivity index (χ4n) is 4.28. The molecule has 0 heterocycles. The van der Waals surface area contributed by atoms with Gasteiger partial charge in [-0.1, -0.05) is 48.5 Å². The first-order valence-electron chi connectivity index (χ1n) is 10.8. The molecule has 0 spiro atoms. The summed E-state index contributed by atoms with van der Waals surface area (Å²) in [6.07, 6.45) is -3.24. The highest BCUT2D eigenvalue weighted by Gasteiger charge is 2.29. The van der Waals surface area contributed by atoms with Gasteiger partial charge < -0.3 is 30.1 Å². The number of carbonyl (C=O) groups excluding carboxylic acids is 2. The van der Waals surface area contributed by atoms with E-state index >= 15 is 0 Å². The number of nitrogens with one attached hydrogen (secondary N) is 1. The molecule has 4 N–H and O–H groups in total. The summed E-state index contributed by atoms with van der Waals surface area (Å²) in [6, 6.07) is 18.3. The average Bonchev–Trinajstić information content (AvgIpc) is 3.19. The van der Waals surface area contributed by atoms with Crippen molar-refractivity contribution in [2.24, 2.45) is 0 Å². The van der Waals surface area contributed by atoms with Gasteiger partial charge in [-0.15, -0.1) is 0 Å². The van der Waals surface area contributed by atoms with Gasteiger partial charge in [-0.05, 0) is 39.9 Å².